The minimum atomic E-state index is -0.149. The first-order valence-electron chi connectivity index (χ1n) is 8.24. The van der Waals surface area contributed by atoms with E-state index in [-0.39, 0.29) is 17.4 Å². The van der Waals surface area contributed by atoms with Crippen LogP contribution in [0.2, 0.25) is 0 Å². The lowest BCUT2D eigenvalue weighted by Gasteiger charge is -2.36. The van der Waals surface area contributed by atoms with E-state index in [1.165, 1.54) is 12.1 Å². The second-order valence-corrected chi connectivity index (χ2v) is 6.20. The second-order valence-electron chi connectivity index (χ2n) is 6.20. The fourth-order valence-corrected chi connectivity index (χ4v) is 3.32. The molecule has 1 atom stereocenters. The Morgan fingerprint density at radius 2 is 2.08 bits per heavy atom. The van der Waals surface area contributed by atoms with Gasteiger partial charge in [-0.1, -0.05) is 12.1 Å². The minimum Gasteiger partial charge on any atom is -0.497 e. The van der Waals surface area contributed by atoms with Gasteiger partial charge < -0.3 is 14.6 Å². The molecular weight excluding hydrogens is 304 g/mol. The smallest absolute Gasteiger partial charge is 0.270 e. The van der Waals surface area contributed by atoms with Crippen molar-refractivity contribution in [1.82, 2.24) is 9.88 Å². The lowest BCUT2D eigenvalue weighted by atomic mass is 9.94. The van der Waals surface area contributed by atoms with Gasteiger partial charge in [-0.15, -0.1) is 0 Å². The molecule has 1 amide bonds. The summed E-state index contributed by atoms with van der Waals surface area (Å²) in [6, 6.07) is 10.7. The van der Waals surface area contributed by atoms with E-state index in [1.807, 2.05) is 29.2 Å². The number of hydrogen-bond acceptors (Lipinski definition) is 3. The molecule has 1 saturated heterocycles. The molecule has 0 radical (unpaired) electrons. The van der Waals surface area contributed by atoms with Crippen molar-refractivity contribution in [1.29, 1.82) is 0 Å². The van der Waals surface area contributed by atoms with E-state index >= 15 is 0 Å². The van der Waals surface area contributed by atoms with Crippen LogP contribution in [0.1, 0.15) is 47.1 Å². The van der Waals surface area contributed by atoms with E-state index in [4.69, 9.17) is 4.74 Å². The van der Waals surface area contributed by atoms with Crippen LogP contribution in [0.25, 0.3) is 0 Å². The van der Waals surface area contributed by atoms with Gasteiger partial charge in [0.25, 0.3) is 5.91 Å². The summed E-state index contributed by atoms with van der Waals surface area (Å²) in [4.78, 5) is 29.6. The molecule has 0 bridgehead atoms. The molecule has 5 heteroatoms. The molecule has 1 fully saturated rings. The third-order valence-corrected chi connectivity index (χ3v) is 4.45. The first-order valence-corrected chi connectivity index (χ1v) is 8.24. The van der Waals surface area contributed by atoms with Crippen molar-refractivity contribution in [3.05, 3.63) is 63.6 Å². The average Bonchev–Trinajstić information content (AvgIpc) is 2.60. The van der Waals surface area contributed by atoms with Gasteiger partial charge in [-0.2, -0.15) is 0 Å². The molecule has 0 saturated carbocycles. The first-order chi connectivity index (χ1) is 11.6. The molecule has 24 heavy (non-hydrogen) atoms. The summed E-state index contributed by atoms with van der Waals surface area (Å²) in [7, 11) is 1.64. The normalized spacial score (nSPS) is 17.6. The summed E-state index contributed by atoms with van der Waals surface area (Å²) in [5, 5.41) is 0. The number of nitrogens with one attached hydrogen (secondary N) is 1. The number of aryl methyl sites for hydroxylation is 1. The van der Waals surface area contributed by atoms with Crippen molar-refractivity contribution < 1.29 is 9.53 Å². The van der Waals surface area contributed by atoms with Crippen LogP contribution in [0, 0.1) is 6.92 Å². The number of aromatic amines is 1. The standard InChI is InChI=1S/C19H22N2O3/c1-13-10-15(22)12-17(20-13)19(23)21-9-4-3-8-18(21)14-6-5-7-16(11-14)24-2/h5-7,10-12,18H,3-4,8-9H2,1-2H3,(H,20,22). The van der Waals surface area contributed by atoms with E-state index in [2.05, 4.69) is 4.98 Å². The van der Waals surface area contributed by atoms with Gasteiger partial charge in [-0.05, 0) is 43.9 Å². The highest BCUT2D eigenvalue weighted by atomic mass is 16.5. The average molecular weight is 326 g/mol. The van der Waals surface area contributed by atoms with E-state index in [0.717, 1.165) is 30.6 Å². The summed E-state index contributed by atoms with van der Waals surface area (Å²) in [5.74, 6) is 0.665. The number of piperidine rings is 1. The number of hydrogen-bond donors (Lipinski definition) is 1. The SMILES string of the molecule is COc1cccc(C2CCCCN2C(=O)c2cc(=O)cc(C)[nH]2)c1. The van der Waals surface area contributed by atoms with Crippen LogP contribution in [-0.4, -0.2) is 29.4 Å². The number of likely N-dealkylation sites (tertiary alicyclic amines) is 1. The largest absolute Gasteiger partial charge is 0.497 e. The van der Waals surface area contributed by atoms with Crippen LogP contribution < -0.4 is 10.2 Å². The molecule has 5 nitrogen and oxygen atoms in total. The van der Waals surface area contributed by atoms with Crippen molar-refractivity contribution in [3.63, 3.8) is 0 Å². The predicted molar refractivity (Wildman–Crippen MR) is 92.4 cm³/mol. The maximum absolute atomic E-state index is 13.0. The van der Waals surface area contributed by atoms with Gasteiger partial charge in [0.1, 0.15) is 11.4 Å². The molecule has 1 aromatic carbocycles. The molecule has 1 unspecified atom stereocenters. The zero-order valence-corrected chi connectivity index (χ0v) is 14.0. The number of aromatic nitrogens is 1. The fraction of sp³-hybridized carbons (Fsp3) is 0.368. The molecule has 1 N–H and O–H groups in total. The van der Waals surface area contributed by atoms with Crippen LogP contribution in [0.3, 0.4) is 0 Å². The van der Waals surface area contributed by atoms with Gasteiger partial charge >= 0.3 is 0 Å². The van der Waals surface area contributed by atoms with Crippen LogP contribution in [0.5, 0.6) is 5.75 Å². The molecule has 3 rings (SSSR count). The van der Waals surface area contributed by atoms with Crippen LogP contribution in [0.15, 0.2) is 41.2 Å². The van der Waals surface area contributed by atoms with E-state index in [1.54, 1.807) is 14.0 Å². The van der Waals surface area contributed by atoms with Crippen LogP contribution >= 0.6 is 0 Å². The molecule has 0 aliphatic carbocycles. The molecule has 1 aliphatic heterocycles. The number of amides is 1. The van der Waals surface area contributed by atoms with Crippen molar-refractivity contribution in [2.75, 3.05) is 13.7 Å². The number of ether oxygens (including phenoxy) is 1. The topological polar surface area (TPSA) is 62.4 Å². The van der Waals surface area contributed by atoms with Crippen LogP contribution in [-0.2, 0) is 0 Å². The number of carbonyl (C=O) groups is 1. The quantitative estimate of drug-likeness (QED) is 0.943. The molecule has 2 heterocycles. The van der Waals surface area contributed by atoms with Gasteiger partial charge in [0.2, 0.25) is 0 Å². The number of methoxy groups -OCH3 is 1. The minimum absolute atomic E-state index is 0.00497. The Morgan fingerprint density at radius 1 is 1.25 bits per heavy atom. The number of carbonyl (C=O) groups excluding carboxylic acids is 1. The molecule has 2 aromatic rings. The zero-order chi connectivity index (χ0) is 17.1. The molecule has 126 valence electrons. The highest BCUT2D eigenvalue weighted by Gasteiger charge is 2.29. The highest BCUT2D eigenvalue weighted by molar-refractivity contribution is 5.92. The highest BCUT2D eigenvalue weighted by Crippen LogP contribution is 2.33. The maximum Gasteiger partial charge on any atom is 0.270 e. The van der Waals surface area contributed by atoms with Crippen molar-refractivity contribution >= 4 is 5.91 Å². The summed E-state index contributed by atoms with van der Waals surface area (Å²) >= 11 is 0. The number of H-pyrrole nitrogens is 1. The Bertz CT molecular complexity index is 797. The number of pyridine rings is 1. The van der Waals surface area contributed by atoms with E-state index < -0.39 is 0 Å². The van der Waals surface area contributed by atoms with Gasteiger partial charge in [0.15, 0.2) is 5.43 Å². The first kappa shape index (κ1) is 16.3. The predicted octanol–water partition coefficient (Wildman–Crippen LogP) is 3.06. The van der Waals surface area contributed by atoms with Gasteiger partial charge in [-0.25, -0.2) is 0 Å². The van der Waals surface area contributed by atoms with Crippen molar-refractivity contribution in [3.8, 4) is 5.75 Å². The Morgan fingerprint density at radius 3 is 2.83 bits per heavy atom. The Labute approximate surface area is 141 Å². The summed E-state index contributed by atoms with van der Waals surface area (Å²) in [5.41, 5.74) is 1.97. The third kappa shape index (κ3) is 3.35. The number of benzene rings is 1. The lowest BCUT2D eigenvalue weighted by Crippen LogP contribution is -2.39. The van der Waals surface area contributed by atoms with Crippen molar-refractivity contribution in [2.45, 2.75) is 32.2 Å². The number of nitrogens with zero attached hydrogens (tertiary/aromatic N) is 1. The lowest BCUT2D eigenvalue weighted by molar-refractivity contribution is 0.0604. The molecule has 1 aromatic heterocycles. The summed E-state index contributed by atoms with van der Waals surface area (Å²) in [6.45, 7) is 2.48. The van der Waals surface area contributed by atoms with Crippen LogP contribution in [0.4, 0.5) is 0 Å². The molecule has 1 aliphatic rings. The van der Waals surface area contributed by atoms with Gasteiger partial charge in [0.05, 0.1) is 13.2 Å². The molecule has 0 spiro atoms. The van der Waals surface area contributed by atoms with Gasteiger partial charge in [0, 0.05) is 24.4 Å². The fourth-order valence-electron chi connectivity index (χ4n) is 3.32. The van der Waals surface area contributed by atoms with E-state index in [9.17, 15) is 9.59 Å². The Kier molecular flexibility index (Phi) is 4.69. The molecular formula is C19H22N2O3. The Hall–Kier alpha value is -2.56. The maximum atomic E-state index is 13.0. The van der Waals surface area contributed by atoms with Gasteiger partial charge in [-0.3, -0.25) is 9.59 Å². The third-order valence-electron chi connectivity index (χ3n) is 4.45. The monoisotopic (exact) mass is 326 g/mol. The zero-order valence-electron chi connectivity index (χ0n) is 14.0. The Balaban J connectivity index is 1.94. The summed E-state index contributed by atoms with van der Waals surface area (Å²) < 4.78 is 5.31. The summed E-state index contributed by atoms with van der Waals surface area (Å²) in [6.07, 6.45) is 2.97. The second kappa shape index (κ2) is 6.91. The van der Waals surface area contributed by atoms with Crippen molar-refractivity contribution in [2.24, 2.45) is 0 Å². The van der Waals surface area contributed by atoms with E-state index in [0.29, 0.717) is 17.9 Å². The number of rotatable bonds is 3.